The number of carbonyl (C=O) groups excluding carboxylic acids is 2. The van der Waals surface area contributed by atoms with Crippen molar-refractivity contribution in [1.82, 2.24) is 10.6 Å². The molecule has 4 aliphatic carbocycles. The second-order valence-corrected chi connectivity index (χ2v) is 10.2. The Labute approximate surface area is 178 Å². The summed E-state index contributed by atoms with van der Waals surface area (Å²) in [5.41, 5.74) is 1.28. The summed E-state index contributed by atoms with van der Waals surface area (Å²) in [4.78, 5) is 25.1. The minimum absolute atomic E-state index is 0.0559. The summed E-state index contributed by atoms with van der Waals surface area (Å²) >= 11 is 0. The van der Waals surface area contributed by atoms with E-state index in [4.69, 9.17) is 0 Å². The minimum Gasteiger partial charge on any atom is -0.352 e. The molecule has 4 aliphatic rings. The van der Waals surface area contributed by atoms with Crippen molar-refractivity contribution in [2.24, 2.45) is 23.2 Å². The zero-order valence-electron chi connectivity index (χ0n) is 17.8. The van der Waals surface area contributed by atoms with Crippen molar-refractivity contribution in [3.8, 4) is 0 Å². The molecule has 4 bridgehead atoms. The molecule has 4 saturated carbocycles. The summed E-state index contributed by atoms with van der Waals surface area (Å²) in [6, 6.07) is 14.3. The maximum Gasteiger partial charge on any atom is 0.239 e. The van der Waals surface area contributed by atoms with Gasteiger partial charge in [0.1, 0.15) is 0 Å². The molecule has 0 aromatic heterocycles. The Morgan fingerprint density at radius 3 is 2.27 bits per heavy atom. The molecule has 2 aromatic rings. The largest absolute Gasteiger partial charge is 0.352 e. The lowest BCUT2D eigenvalue weighted by Gasteiger charge is -2.59. The summed E-state index contributed by atoms with van der Waals surface area (Å²) in [5.74, 6) is 2.44. The van der Waals surface area contributed by atoms with Crippen LogP contribution >= 0.6 is 0 Å². The molecule has 2 amide bonds. The van der Waals surface area contributed by atoms with Crippen molar-refractivity contribution >= 4 is 22.6 Å². The standard InChI is InChI=1S/C26H32N2O2/c1-17(26-13-18-9-19(14-26)11-20(10-18)15-26)28-25(30)16-27-24(29)12-22-7-4-6-21-5-2-3-8-23(21)22/h2-8,17-20H,9-16H2,1H3,(H,27,29)(H,28,30). The normalized spacial score (nSPS) is 30.2. The zero-order valence-corrected chi connectivity index (χ0v) is 17.8. The van der Waals surface area contributed by atoms with Gasteiger partial charge in [0.05, 0.1) is 13.0 Å². The lowest BCUT2D eigenvalue weighted by Crippen LogP contribution is -2.56. The Hall–Kier alpha value is -2.36. The van der Waals surface area contributed by atoms with E-state index in [-0.39, 0.29) is 29.8 Å². The Morgan fingerprint density at radius 2 is 1.57 bits per heavy atom. The number of carbonyl (C=O) groups is 2. The van der Waals surface area contributed by atoms with Crippen LogP contribution in [0, 0.1) is 23.2 Å². The van der Waals surface area contributed by atoms with E-state index in [1.54, 1.807) is 0 Å². The zero-order chi connectivity index (χ0) is 20.7. The van der Waals surface area contributed by atoms with Gasteiger partial charge < -0.3 is 10.6 Å². The average molecular weight is 405 g/mol. The van der Waals surface area contributed by atoms with Crippen LogP contribution in [-0.2, 0) is 16.0 Å². The van der Waals surface area contributed by atoms with Crippen LogP contribution in [0.5, 0.6) is 0 Å². The van der Waals surface area contributed by atoms with E-state index in [2.05, 4.69) is 29.7 Å². The highest BCUT2D eigenvalue weighted by molar-refractivity contribution is 5.91. The molecule has 2 aromatic carbocycles. The molecular weight excluding hydrogens is 372 g/mol. The second kappa shape index (κ2) is 7.72. The van der Waals surface area contributed by atoms with E-state index in [0.29, 0.717) is 6.42 Å². The van der Waals surface area contributed by atoms with Gasteiger partial charge in [0.25, 0.3) is 0 Å². The molecule has 1 unspecified atom stereocenters. The first-order valence-electron chi connectivity index (χ1n) is 11.5. The van der Waals surface area contributed by atoms with Crippen molar-refractivity contribution in [2.75, 3.05) is 6.54 Å². The van der Waals surface area contributed by atoms with Crippen LogP contribution < -0.4 is 10.6 Å². The molecule has 0 spiro atoms. The predicted molar refractivity (Wildman–Crippen MR) is 119 cm³/mol. The molecular formula is C26H32N2O2. The Balaban J connectivity index is 1.15. The number of amides is 2. The third-order valence-electron chi connectivity index (χ3n) is 8.06. The van der Waals surface area contributed by atoms with Gasteiger partial charge in [0.15, 0.2) is 0 Å². The quantitative estimate of drug-likeness (QED) is 0.757. The maximum absolute atomic E-state index is 12.6. The summed E-state index contributed by atoms with van der Waals surface area (Å²) in [5, 5.41) is 8.28. The summed E-state index contributed by atoms with van der Waals surface area (Å²) in [6.07, 6.45) is 8.33. The fourth-order valence-corrected chi connectivity index (χ4v) is 7.01. The van der Waals surface area contributed by atoms with Crippen molar-refractivity contribution in [3.63, 3.8) is 0 Å². The molecule has 4 nitrogen and oxygen atoms in total. The van der Waals surface area contributed by atoms with E-state index in [1.165, 1.54) is 38.5 Å². The van der Waals surface area contributed by atoms with Gasteiger partial charge in [0.2, 0.25) is 11.8 Å². The van der Waals surface area contributed by atoms with Gasteiger partial charge in [-0.1, -0.05) is 42.5 Å². The smallest absolute Gasteiger partial charge is 0.239 e. The highest BCUT2D eigenvalue weighted by atomic mass is 16.2. The van der Waals surface area contributed by atoms with Crippen LogP contribution in [0.4, 0.5) is 0 Å². The van der Waals surface area contributed by atoms with Crippen LogP contribution in [0.15, 0.2) is 42.5 Å². The Morgan fingerprint density at radius 1 is 0.933 bits per heavy atom. The number of benzene rings is 2. The average Bonchev–Trinajstić information content (AvgIpc) is 2.71. The van der Waals surface area contributed by atoms with E-state index in [1.807, 2.05) is 30.3 Å². The molecule has 0 aliphatic heterocycles. The first-order valence-corrected chi connectivity index (χ1v) is 11.5. The summed E-state index contributed by atoms with van der Waals surface area (Å²) in [6.45, 7) is 2.24. The molecule has 158 valence electrons. The third kappa shape index (κ3) is 3.73. The number of fused-ring (bicyclic) bond motifs is 1. The van der Waals surface area contributed by atoms with Gasteiger partial charge in [-0.05, 0) is 85.0 Å². The molecule has 4 fully saturated rings. The van der Waals surface area contributed by atoms with Crippen molar-refractivity contribution in [2.45, 2.75) is 57.9 Å². The first-order chi connectivity index (χ1) is 14.5. The monoisotopic (exact) mass is 404 g/mol. The van der Waals surface area contributed by atoms with E-state index in [0.717, 1.165) is 34.1 Å². The lowest BCUT2D eigenvalue weighted by molar-refractivity contribution is -0.128. The Kier molecular flexibility index (Phi) is 5.04. The second-order valence-electron chi connectivity index (χ2n) is 10.2. The summed E-state index contributed by atoms with van der Waals surface area (Å²) in [7, 11) is 0. The molecule has 1 atom stereocenters. The van der Waals surface area contributed by atoms with Crippen molar-refractivity contribution < 1.29 is 9.59 Å². The van der Waals surface area contributed by atoms with Crippen LogP contribution in [0.1, 0.15) is 51.0 Å². The topological polar surface area (TPSA) is 58.2 Å². The molecule has 4 heteroatoms. The number of hydrogen-bond acceptors (Lipinski definition) is 2. The molecule has 6 rings (SSSR count). The minimum atomic E-state index is -0.107. The molecule has 30 heavy (non-hydrogen) atoms. The third-order valence-corrected chi connectivity index (χ3v) is 8.06. The van der Waals surface area contributed by atoms with Gasteiger partial charge >= 0.3 is 0 Å². The van der Waals surface area contributed by atoms with Gasteiger partial charge in [-0.25, -0.2) is 0 Å². The fraction of sp³-hybridized carbons (Fsp3) is 0.538. The number of hydrogen-bond donors (Lipinski definition) is 2. The van der Waals surface area contributed by atoms with Gasteiger partial charge in [0, 0.05) is 6.04 Å². The summed E-state index contributed by atoms with van der Waals surface area (Å²) < 4.78 is 0. The van der Waals surface area contributed by atoms with Crippen LogP contribution in [0.2, 0.25) is 0 Å². The van der Waals surface area contributed by atoms with E-state index < -0.39 is 0 Å². The lowest BCUT2D eigenvalue weighted by atomic mass is 9.48. The molecule has 2 N–H and O–H groups in total. The predicted octanol–water partition coefficient (Wildman–Crippen LogP) is 4.22. The van der Waals surface area contributed by atoms with Crippen molar-refractivity contribution in [3.05, 3.63) is 48.0 Å². The van der Waals surface area contributed by atoms with Gasteiger partial charge in [-0.2, -0.15) is 0 Å². The molecule has 0 radical (unpaired) electrons. The first kappa shape index (κ1) is 19.6. The van der Waals surface area contributed by atoms with Crippen LogP contribution in [-0.4, -0.2) is 24.4 Å². The van der Waals surface area contributed by atoms with Gasteiger partial charge in [-0.15, -0.1) is 0 Å². The van der Waals surface area contributed by atoms with Gasteiger partial charge in [-0.3, -0.25) is 9.59 Å². The number of nitrogens with one attached hydrogen (secondary N) is 2. The number of rotatable bonds is 6. The highest BCUT2D eigenvalue weighted by Crippen LogP contribution is 2.61. The van der Waals surface area contributed by atoms with Crippen molar-refractivity contribution in [1.29, 1.82) is 0 Å². The SMILES string of the molecule is CC(NC(=O)CNC(=O)Cc1cccc2ccccc12)C12CC3CC(CC(C3)C1)C2. The van der Waals surface area contributed by atoms with E-state index >= 15 is 0 Å². The molecule has 0 heterocycles. The fourth-order valence-electron chi connectivity index (χ4n) is 7.01. The van der Waals surface area contributed by atoms with E-state index in [9.17, 15) is 9.59 Å². The molecule has 0 saturated heterocycles. The van der Waals surface area contributed by atoms with Crippen LogP contribution in [0.3, 0.4) is 0 Å². The highest BCUT2D eigenvalue weighted by Gasteiger charge is 2.53. The van der Waals surface area contributed by atoms with Crippen LogP contribution in [0.25, 0.3) is 10.8 Å². The Bertz CT molecular complexity index is 926. The maximum atomic E-state index is 12.6.